The van der Waals surface area contributed by atoms with Crippen LogP contribution >= 0.6 is 0 Å². The standard InChI is InChI=1S/C27H24N2O4/c30-18-19-5-3-6-22(15-19)28-13-11-20-16-23(10-9-21(20)17-28)33-14-4-12-29-26(31)24-7-1-2-8-25(24)27(29)32/h1-3,5-10,15-16,18H,4,11-14,17H2. The van der Waals surface area contributed by atoms with E-state index in [0.717, 1.165) is 37.2 Å². The van der Waals surface area contributed by atoms with Gasteiger partial charge in [-0.2, -0.15) is 0 Å². The maximum absolute atomic E-state index is 12.4. The minimum absolute atomic E-state index is 0.229. The van der Waals surface area contributed by atoms with Gasteiger partial charge in [0.1, 0.15) is 12.0 Å². The van der Waals surface area contributed by atoms with E-state index in [2.05, 4.69) is 17.0 Å². The number of rotatable bonds is 7. The number of imide groups is 1. The summed E-state index contributed by atoms with van der Waals surface area (Å²) in [6.07, 6.45) is 2.34. The molecule has 6 heteroatoms. The quantitative estimate of drug-likeness (QED) is 0.314. The number of aldehydes is 1. The van der Waals surface area contributed by atoms with Crippen molar-refractivity contribution in [1.29, 1.82) is 0 Å². The molecule has 6 nitrogen and oxygen atoms in total. The summed E-state index contributed by atoms with van der Waals surface area (Å²) in [5.74, 6) is 0.341. The number of carbonyl (C=O) groups excluding carboxylic acids is 3. The molecule has 3 aromatic carbocycles. The van der Waals surface area contributed by atoms with Crippen LogP contribution in [0.2, 0.25) is 0 Å². The molecule has 3 aromatic rings. The van der Waals surface area contributed by atoms with Gasteiger partial charge in [-0.1, -0.05) is 30.3 Å². The fourth-order valence-electron chi connectivity index (χ4n) is 4.49. The lowest BCUT2D eigenvalue weighted by atomic mass is 9.98. The largest absolute Gasteiger partial charge is 0.494 e. The predicted octanol–water partition coefficient (Wildman–Crippen LogP) is 4.13. The van der Waals surface area contributed by atoms with Gasteiger partial charge in [0.05, 0.1) is 17.7 Å². The Labute approximate surface area is 192 Å². The van der Waals surface area contributed by atoms with Gasteiger partial charge in [0, 0.05) is 30.9 Å². The number of nitrogens with zero attached hydrogens (tertiary/aromatic N) is 2. The van der Waals surface area contributed by atoms with Gasteiger partial charge >= 0.3 is 0 Å². The Hall–Kier alpha value is -3.93. The summed E-state index contributed by atoms with van der Waals surface area (Å²) in [6, 6.07) is 20.7. The molecule has 0 unspecified atom stereocenters. The van der Waals surface area contributed by atoms with Gasteiger partial charge in [-0.25, -0.2) is 0 Å². The molecule has 166 valence electrons. The van der Waals surface area contributed by atoms with Crippen molar-refractivity contribution in [2.45, 2.75) is 19.4 Å². The number of hydrogen-bond acceptors (Lipinski definition) is 5. The van der Waals surface area contributed by atoms with Crippen molar-refractivity contribution in [2.24, 2.45) is 0 Å². The summed E-state index contributed by atoms with van der Waals surface area (Å²) in [4.78, 5) is 39.5. The minimum Gasteiger partial charge on any atom is -0.494 e. The third-order valence-corrected chi connectivity index (χ3v) is 6.23. The first-order valence-electron chi connectivity index (χ1n) is 11.1. The van der Waals surface area contributed by atoms with E-state index in [9.17, 15) is 14.4 Å². The Morgan fingerprint density at radius 3 is 2.42 bits per heavy atom. The first-order valence-corrected chi connectivity index (χ1v) is 11.1. The molecule has 2 amide bonds. The fourth-order valence-corrected chi connectivity index (χ4v) is 4.49. The van der Waals surface area contributed by atoms with Crippen molar-refractivity contribution in [3.05, 3.63) is 94.5 Å². The van der Waals surface area contributed by atoms with Crippen LogP contribution in [0.15, 0.2) is 66.7 Å². The van der Waals surface area contributed by atoms with E-state index >= 15 is 0 Å². The summed E-state index contributed by atoms with van der Waals surface area (Å²) in [5, 5.41) is 0. The van der Waals surface area contributed by atoms with Crippen LogP contribution < -0.4 is 9.64 Å². The molecule has 2 aliphatic rings. The van der Waals surface area contributed by atoms with Crippen LogP contribution in [0.5, 0.6) is 5.75 Å². The smallest absolute Gasteiger partial charge is 0.261 e. The first-order chi connectivity index (χ1) is 16.1. The SMILES string of the molecule is O=Cc1cccc(N2CCc3cc(OCCCN4C(=O)c5ccccc5C4=O)ccc3C2)c1. The molecule has 0 bridgehead atoms. The van der Waals surface area contributed by atoms with Crippen LogP contribution in [0.1, 0.15) is 48.6 Å². The molecule has 0 radical (unpaired) electrons. The number of ether oxygens (including phenoxy) is 1. The van der Waals surface area contributed by atoms with E-state index in [-0.39, 0.29) is 11.8 Å². The lowest BCUT2D eigenvalue weighted by molar-refractivity contribution is 0.0646. The molecule has 33 heavy (non-hydrogen) atoms. The molecular weight excluding hydrogens is 416 g/mol. The normalized spacial score (nSPS) is 14.8. The van der Waals surface area contributed by atoms with Gasteiger partial charge in [0.15, 0.2) is 0 Å². The summed E-state index contributed by atoms with van der Waals surface area (Å²) in [6.45, 7) is 2.43. The van der Waals surface area contributed by atoms with Crippen LogP contribution in [0, 0.1) is 0 Å². The summed E-state index contributed by atoms with van der Waals surface area (Å²) in [7, 11) is 0. The molecule has 0 aromatic heterocycles. The molecule has 0 atom stereocenters. The fraction of sp³-hybridized carbons (Fsp3) is 0.222. The van der Waals surface area contributed by atoms with Crippen LogP contribution in [0.25, 0.3) is 0 Å². The summed E-state index contributed by atoms with van der Waals surface area (Å²) < 4.78 is 5.92. The Morgan fingerprint density at radius 1 is 0.879 bits per heavy atom. The zero-order valence-corrected chi connectivity index (χ0v) is 18.2. The first kappa shape index (κ1) is 20.9. The number of amides is 2. The average Bonchev–Trinajstić information content (AvgIpc) is 3.11. The van der Waals surface area contributed by atoms with Gasteiger partial charge in [0.25, 0.3) is 11.8 Å². The summed E-state index contributed by atoms with van der Waals surface area (Å²) in [5.41, 5.74) is 5.20. The number of hydrogen-bond donors (Lipinski definition) is 0. The van der Waals surface area contributed by atoms with Crippen LogP contribution in [-0.2, 0) is 13.0 Å². The van der Waals surface area contributed by atoms with Crippen molar-refractivity contribution in [3.63, 3.8) is 0 Å². The van der Waals surface area contributed by atoms with E-state index in [1.54, 1.807) is 24.3 Å². The zero-order chi connectivity index (χ0) is 22.8. The number of benzene rings is 3. The molecule has 0 fully saturated rings. The van der Waals surface area contributed by atoms with Gasteiger partial charge in [0.2, 0.25) is 0 Å². The van der Waals surface area contributed by atoms with E-state index in [1.807, 2.05) is 30.3 Å². The van der Waals surface area contributed by atoms with Crippen molar-refractivity contribution in [1.82, 2.24) is 4.90 Å². The average molecular weight is 440 g/mol. The van der Waals surface area contributed by atoms with E-state index in [0.29, 0.717) is 36.3 Å². The second kappa shape index (κ2) is 8.90. The van der Waals surface area contributed by atoms with Gasteiger partial charge in [-0.3, -0.25) is 19.3 Å². The highest BCUT2D eigenvalue weighted by atomic mass is 16.5. The molecule has 2 aliphatic heterocycles. The maximum Gasteiger partial charge on any atom is 0.261 e. The highest BCUT2D eigenvalue weighted by Gasteiger charge is 2.34. The highest BCUT2D eigenvalue weighted by molar-refractivity contribution is 6.21. The van der Waals surface area contributed by atoms with E-state index in [4.69, 9.17) is 4.74 Å². The molecule has 5 rings (SSSR count). The molecule has 0 spiro atoms. The van der Waals surface area contributed by atoms with Crippen LogP contribution in [0.4, 0.5) is 5.69 Å². The highest BCUT2D eigenvalue weighted by Crippen LogP contribution is 2.28. The van der Waals surface area contributed by atoms with Crippen molar-refractivity contribution < 1.29 is 19.1 Å². The Bertz CT molecular complexity index is 1200. The minimum atomic E-state index is -0.229. The molecule has 0 saturated carbocycles. The van der Waals surface area contributed by atoms with Gasteiger partial charge in [-0.15, -0.1) is 0 Å². The van der Waals surface area contributed by atoms with E-state index in [1.165, 1.54) is 16.0 Å². The number of carbonyl (C=O) groups is 3. The lowest BCUT2D eigenvalue weighted by Crippen LogP contribution is -2.31. The number of anilines is 1. The predicted molar refractivity (Wildman–Crippen MR) is 125 cm³/mol. The maximum atomic E-state index is 12.4. The molecular formula is C27H24N2O4. The topological polar surface area (TPSA) is 66.9 Å². The second-order valence-electron chi connectivity index (χ2n) is 8.32. The van der Waals surface area contributed by atoms with Crippen LogP contribution in [0.3, 0.4) is 0 Å². The Morgan fingerprint density at radius 2 is 1.67 bits per heavy atom. The lowest BCUT2D eigenvalue weighted by Gasteiger charge is -2.31. The van der Waals surface area contributed by atoms with Crippen LogP contribution in [-0.4, -0.2) is 42.7 Å². The molecule has 2 heterocycles. The van der Waals surface area contributed by atoms with Gasteiger partial charge in [-0.05, 0) is 60.4 Å². The number of fused-ring (bicyclic) bond motifs is 2. The Balaban J connectivity index is 1.16. The van der Waals surface area contributed by atoms with Gasteiger partial charge < -0.3 is 9.64 Å². The third kappa shape index (κ3) is 4.12. The molecule has 0 saturated heterocycles. The molecule has 0 aliphatic carbocycles. The van der Waals surface area contributed by atoms with Crippen molar-refractivity contribution >= 4 is 23.8 Å². The second-order valence-corrected chi connectivity index (χ2v) is 8.32. The monoisotopic (exact) mass is 440 g/mol. The van der Waals surface area contributed by atoms with Crippen molar-refractivity contribution in [3.8, 4) is 5.75 Å². The van der Waals surface area contributed by atoms with Crippen molar-refractivity contribution in [2.75, 3.05) is 24.6 Å². The zero-order valence-electron chi connectivity index (χ0n) is 18.2. The Kier molecular flexibility index (Phi) is 5.65. The molecule has 0 N–H and O–H groups in total. The summed E-state index contributed by atoms with van der Waals surface area (Å²) >= 11 is 0. The van der Waals surface area contributed by atoms with E-state index < -0.39 is 0 Å². The third-order valence-electron chi connectivity index (χ3n) is 6.23.